The maximum absolute atomic E-state index is 5.69. The van der Waals surface area contributed by atoms with Crippen LogP contribution in [0, 0.1) is 0 Å². The molecule has 0 radical (unpaired) electrons. The maximum Gasteiger partial charge on any atom is 0.226 e. The third-order valence-electron chi connectivity index (χ3n) is 2.19. The van der Waals surface area contributed by atoms with Crippen LogP contribution in [0.4, 0.5) is 0 Å². The Labute approximate surface area is 95.9 Å². The van der Waals surface area contributed by atoms with Crippen molar-refractivity contribution in [2.45, 2.75) is 0 Å². The van der Waals surface area contributed by atoms with Crippen LogP contribution in [0.1, 0.15) is 0 Å². The van der Waals surface area contributed by atoms with E-state index in [1.807, 2.05) is 30.3 Å². The van der Waals surface area contributed by atoms with E-state index in [1.54, 1.807) is 0 Å². The first-order valence-electron chi connectivity index (χ1n) is 4.66. The molecule has 0 saturated carbocycles. The van der Waals surface area contributed by atoms with Crippen LogP contribution >= 0.6 is 11.6 Å². The number of halogens is 1. The lowest BCUT2D eigenvalue weighted by Gasteiger charge is -1.93. The lowest BCUT2D eigenvalue weighted by Crippen LogP contribution is -1.89. The third-order valence-corrected chi connectivity index (χ3v) is 2.37. The minimum absolute atomic E-state index is 0.158. The van der Waals surface area contributed by atoms with Crippen molar-refractivity contribution in [3.63, 3.8) is 0 Å². The smallest absolute Gasteiger partial charge is 0.226 e. The second-order valence-electron chi connectivity index (χ2n) is 3.23. The first-order chi connectivity index (χ1) is 7.83. The Morgan fingerprint density at radius 3 is 2.81 bits per heavy atom. The molecule has 0 N–H and O–H groups in total. The molecule has 0 aliphatic carbocycles. The Morgan fingerprint density at radius 1 is 1.12 bits per heavy atom. The van der Waals surface area contributed by atoms with Gasteiger partial charge in [-0.05, 0) is 23.7 Å². The predicted octanol–water partition coefficient (Wildman–Crippen LogP) is 2.94. The lowest BCUT2D eigenvalue weighted by molar-refractivity contribution is 0.624. The van der Waals surface area contributed by atoms with Gasteiger partial charge < -0.3 is 4.42 Å². The van der Waals surface area contributed by atoms with Crippen LogP contribution in [0.5, 0.6) is 0 Å². The summed E-state index contributed by atoms with van der Waals surface area (Å²) in [6.07, 6.45) is 1.36. The summed E-state index contributed by atoms with van der Waals surface area (Å²) in [5, 5.41) is 1.17. The number of benzene rings is 1. The van der Waals surface area contributed by atoms with E-state index in [2.05, 4.69) is 15.0 Å². The van der Waals surface area contributed by atoms with Gasteiger partial charge in [0.05, 0.1) is 0 Å². The molecule has 0 aliphatic rings. The molecule has 2 aromatic heterocycles. The highest BCUT2D eigenvalue weighted by atomic mass is 35.5. The van der Waals surface area contributed by atoms with E-state index in [1.165, 1.54) is 6.33 Å². The van der Waals surface area contributed by atoms with E-state index in [4.69, 9.17) is 16.0 Å². The molecule has 2 heterocycles. The van der Waals surface area contributed by atoms with Crippen LogP contribution < -0.4 is 0 Å². The van der Waals surface area contributed by atoms with Crippen LogP contribution in [0.3, 0.4) is 0 Å². The SMILES string of the molecule is Clc1ncnc(-c2cc3ccccc3o2)n1. The molecule has 0 amide bonds. The zero-order valence-corrected chi connectivity index (χ0v) is 8.85. The summed E-state index contributed by atoms with van der Waals surface area (Å²) in [5.41, 5.74) is 0.800. The molecule has 5 heteroatoms. The van der Waals surface area contributed by atoms with E-state index < -0.39 is 0 Å². The van der Waals surface area contributed by atoms with Gasteiger partial charge >= 0.3 is 0 Å². The monoisotopic (exact) mass is 231 g/mol. The van der Waals surface area contributed by atoms with Crippen molar-refractivity contribution in [2.75, 3.05) is 0 Å². The summed E-state index contributed by atoms with van der Waals surface area (Å²) >= 11 is 5.69. The van der Waals surface area contributed by atoms with Crippen molar-refractivity contribution in [3.05, 3.63) is 41.9 Å². The van der Waals surface area contributed by atoms with Gasteiger partial charge in [-0.2, -0.15) is 4.98 Å². The zero-order chi connectivity index (χ0) is 11.0. The van der Waals surface area contributed by atoms with Gasteiger partial charge in [0.25, 0.3) is 0 Å². The summed E-state index contributed by atoms with van der Waals surface area (Å²) in [6.45, 7) is 0. The highest BCUT2D eigenvalue weighted by molar-refractivity contribution is 6.28. The Kier molecular flexibility index (Phi) is 2.08. The molecule has 1 aromatic carbocycles. The van der Waals surface area contributed by atoms with Gasteiger partial charge in [-0.15, -0.1) is 0 Å². The highest BCUT2D eigenvalue weighted by Gasteiger charge is 2.08. The van der Waals surface area contributed by atoms with Crippen LogP contribution in [0.15, 0.2) is 41.1 Å². The van der Waals surface area contributed by atoms with E-state index in [9.17, 15) is 0 Å². The fourth-order valence-electron chi connectivity index (χ4n) is 1.49. The average molecular weight is 232 g/mol. The average Bonchev–Trinajstić information content (AvgIpc) is 2.72. The molecule has 3 aromatic rings. The molecule has 0 saturated heterocycles. The summed E-state index contributed by atoms with van der Waals surface area (Å²) in [4.78, 5) is 11.7. The van der Waals surface area contributed by atoms with Crippen molar-refractivity contribution in [3.8, 4) is 11.6 Å². The normalized spacial score (nSPS) is 10.8. The van der Waals surface area contributed by atoms with Crippen LogP contribution in [0.25, 0.3) is 22.6 Å². The summed E-state index contributed by atoms with van der Waals surface area (Å²) in [5.74, 6) is 1.03. The Bertz CT molecular complexity index is 617. The topological polar surface area (TPSA) is 51.8 Å². The first kappa shape index (κ1) is 9.30. The molecule has 0 fully saturated rings. The number of rotatable bonds is 1. The fraction of sp³-hybridized carbons (Fsp3) is 0. The number of para-hydroxylation sites is 1. The van der Waals surface area contributed by atoms with Crippen molar-refractivity contribution >= 4 is 22.6 Å². The van der Waals surface area contributed by atoms with E-state index in [-0.39, 0.29) is 5.28 Å². The number of nitrogens with zero attached hydrogens (tertiary/aromatic N) is 3. The third kappa shape index (κ3) is 1.53. The fourth-order valence-corrected chi connectivity index (χ4v) is 1.61. The number of hydrogen-bond acceptors (Lipinski definition) is 4. The maximum atomic E-state index is 5.69. The molecule has 78 valence electrons. The number of furan rings is 1. The second-order valence-corrected chi connectivity index (χ2v) is 3.56. The quantitative estimate of drug-likeness (QED) is 0.646. The van der Waals surface area contributed by atoms with Crippen molar-refractivity contribution in [1.29, 1.82) is 0 Å². The second kappa shape index (κ2) is 3.57. The molecule has 0 spiro atoms. The van der Waals surface area contributed by atoms with Gasteiger partial charge in [0.2, 0.25) is 5.28 Å². The zero-order valence-electron chi connectivity index (χ0n) is 8.09. The van der Waals surface area contributed by atoms with E-state index in [0.717, 1.165) is 11.0 Å². The lowest BCUT2D eigenvalue weighted by atomic mass is 10.2. The molecule has 0 atom stereocenters. The van der Waals surface area contributed by atoms with Gasteiger partial charge in [-0.1, -0.05) is 18.2 Å². The Balaban J connectivity index is 2.19. The Hall–Kier alpha value is -1.94. The van der Waals surface area contributed by atoms with Gasteiger partial charge in [0.1, 0.15) is 11.9 Å². The molecular weight excluding hydrogens is 226 g/mol. The van der Waals surface area contributed by atoms with Crippen molar-refractivity contribution < 1.29 is 4.42 Å². The molecule has 0 aliphatic heterocycles. The van der Waals surface area contributed by atoms with Crippen molar-refractivity contribution in [2.24, 2.45) is 0 Å². The molecule has 0 unspecified atom stereocenters. The first-order valence-corrected chi connectivity index (χ1v) is 5.04. The standard InChI is InChI=1S/C11H6ClN3O/c12-11-14-6-13-10(15-11)9-5-7-3-1-2-4-8(7)16-9/h1-6H. The van der Waals surface area contributed by atoms with Gasteiger partial charge in [-0.3, -0.25) is 0 Å². The summed E-state index contributed by atoms with van der Waals surface area (Å²) in [7, 11) is 0. The molecule has 3 rings (SSSR count). The van der Waals surface area contributed by atoms with Crippen LogP contribution in [-0.4, -0.2) is 15.0 Å². The molecule has 16 heavy (non-hydrogen) atoms. The van der Waals surface area contributed by atoms with E-state index >= 15 is 0 Å². The highest BCUT2D eigenvalue weighted by Crippen LogP contribution is 2.25. The summed E-state index contributed by atoms with van der Waals surface area (Å²) < 4.78 is 5.60. The molecular formula is C11H6ClN3O. The summed E-state index contributed by atoms with van der Waals surface area (Å²) in [6, 6.07) is 9.59. The van der Waals surface area contributed by atoms with Crippen LogP contribution in [-0.2, 0) is 0 Å². The number of aromatic nitrogens is 3. The van der Waals surface area contributed by atoms with Gasteiger partial charge in [0.15, 0.2) is 11.6 Å². The van der Waals surface area contributed by atoms with E-state index in [0.29, 0.717) is 11.6 Å². The van der Waals surface area contributed by atoms with Crippen molar-refractivity contribution in [1.82, 2.24) is 15.0 Å². The largest absolute Gasteiger partial charge is 0.453 e. The molecule has 0 bridgehead atoms. The molecule has 4 nitrogen and oxygen atoms in total. The minimum Gasteiger partial charge on any atom is -0.453 e. The van der Waals surface area contributed by atoms with Gasteiger partial charge in [-0.25, -0.2) is 9.97 Å². The Morgan fingerprint density at radius 2 is 2.00 bits per heavy atom. The minimum atomic E-state index is 0.158. The van der Waals surface area contributed by atoms with Gasteiger partial charge in [0, 0.05) is 5.39 Å². The van der Waals surface area contributed by atoms with Crippen LogP contribution in [0.2, 0.25) is 5.28 Å². The number of fused-ring (bicyclic) bond motifs is 1. The predicted molar refractivity (Wildman–Crippen MR) is 60.0 cm³/mol. The number of hydrogen-bond donors (Lipinski definition) is 0.